The summed E-state index contributed by atoms with van der Waals surface area (Å²) in [6.45, 7) is 9.73. The summed E-state index contributed by atoms with van der Waals surface area (Å²) >= 11 is 0. The summed E-state index contributed by atoms with van der Waals surface area (Å²) in [5, 5.41) is 3.10. The van der Waals surface area contributed by atoms with Crippen LogP contribution in [0.25, 0.3) is 0 Å². The zero-order valence-electron chi connectivity index (χ0n) is 13.6. The first-order valence-corrected chi connectivity index (χ1v) is 7.47. The van der Waals surface area contributed by atoms with Crippen LogP contribution in [0, 0.1) is 13.8 Å². The van der Waals surface area contributed by atoms with Crippen molar-refractivity contribution in [3.8, 4) is 5.75 Å². The maximum Gasteiger partial charge on any atom is 0.123 e. The lowest BCUT2D eigenvalue weighted by Gasteiger charge is -2.14. The molecular formula is C18H25NO2. The van der Waals surface area contributed by atoms with Crippen LogP contribution in [-0.4, -0.2) is 7.05 Å². The molecule has 0 spiro atoms. The van der Waals surface area contributed by atoms with Crippen LogP contribution in [0.1, 0.15) is 48.0 Å². The number of ether oxygens (including phenoxy) is 1. The molecule has 0 aliphatic heterocycles. The molecule has 3 nitrogen and oxygen atoms in total. The summed E-state index contributed by atoms with van der Waals surface area (Å²) in [7, 11) is 1.91. The highest BCUT2D eigenvalue weighted by atomic mass is 16.5. The van der Waals surface area contributed by atoms with Gasteiger partial charge in [0.2, 0.25) is 0 Å². The van der Waals surface area contributed by atoms with Gasteiger partial charge in [0.15, 0.2) is 0 Å². The van der Waals surface area contributed by atoms with Crippen LogP contribution >= 0.6 is 0 Å². The van der Waals surface area contributed by atoms with Gasteiger partial charge in [0.25, 0.3) is 0 Å². The highest BCUT2D eigenvalue weighted by Gasteiger charge is 2.11. The van der Waals surface area contributed by atoms with Crippen molar-refractivity contribution in [2.75, 3.05) is 7.05 Å². The van der Waals surface area contributed by atoms with Crippen molar-refractivity contribution in [3.63, 3.8) is 0 Å². The van der Waals surface area contributed by atoms with Gasteiger partial charge in [-0.2, -0.15) is 0 Å². The Labute approximate surface area is 127 Å². The lowest BCUT2D eigenvalue weighted by molar-refractivity contribution is 0.298. The first kappa shape index (κ1) is 15.6. The third-order valence-corrected chi connectivity index (χ3v) is 3.60. The number of hydrogen-bond donors (Lipinski definition) is 1. The van der Waals surface area contributed by atoms with E-state index in [2.05, 4.69) is 50.4 Å². The van der Waals surface area contributed by atoms with Gasteiger partial charge in [-0.15, -0.1) is 0 Å². The van der Waals surface area contributed by atoms with Crippen LogP contribution in [0.4, 0.5) is 0 Å². The molecule has 21 heavy (non-hydrogen) atoms. The number of aryl methyl sites for hydroxylation is 2. The van der Waals surface area contributed by atoms with E-state index in [1.165, 1.54) is 11.1 Å². The highest BCUT2D eigenvalue weighted by Crippen LogP contribution is 2.28. The standard InChI is InChI=1S/C18H25NO2/c1-12(2)17-7-6-13(3)8-18(17)20-11-15-9-16(10-19-5)21-14(15)4/h6-9,12,19H,10-11H2,1-5H3. The summed E-state index contributed by atoms with van der Waals surface area (Å²) in [5.41, 5.74) is 3.57. The highest BCUT2D eigenvalue weighted by molar-refractivity contribution is 5.39. The number of nitrogens with one attached hydrogen (secondary N) is 1. The van der Waals surface area contributed by atoms with Gasteiger partial charge in [0, 0.05) is 5.56 Å². The molecule has 1 heterocycles. The number of furan rings is 1. The predicted molar refractivity (Wildman–Crippen MR) is 85.8 cm³/mol. The first-order chi connectivity index (χ1) is 10.0. The zero-order chi connectivity index (χ0) is 15.4. The Morgan fingerprint density at radius 3 is 2.62 bits per heavy atom. The van der Waals surface area contributed by atoms with E-state index in [4.69, 9.17) is 9.15 Å². The van der Waals surface area contributed by atoms with E-state index in [9.17, 15) is 0 Å². The summed E-state index contributed by atoms with van der Waals surface area (Å²) in [4.78, 5) is 0. The molecule has 0 saturated heterocycles. The molecule has 0 amide bonds. The van der Waals surface area contributed by atoms with Crippen molar-refractivity contribution in [3.05, 3.63) is 52.5 Å². The Hall–Kier alpha value is -1.74. The van der Waals surface area contributed by atoms with E-state index in [-0.39, 0.29) is 0 Å². The van der Waals surface area contributed by atoms with Gasteiger partial charge >= 0.3 is 0 Å². The van der Waals surface area contributed by atoms with E-state index in [1.54, 1.807) is 0 Å². The Morgan fingerprint density at radius 2 is 1.95 bits per heavy atom. The maximum atomic E-state index is 6.06. The van der Waals surface area contributed by atoms with Gasteiger partial charge in [0.05, 0.1) is 6.54 Å². The fraction of sp³-hybridized carbons (Fsp3) is 0.444. The summed E-state index contributed by atoms with van der Waals surface area (Å²) in [6.07, 6.45) is 0. The Kier molecular flexibility index (Phi) is 5.07. The molecule has 0 bridgehead atoms. The second-order valence-electron chi connectivity index (χ2n) is 5.81. The Bertz CT molecular complexity index is 599. The third-order valence-electron chi connectivity index (χ3n) is 3.60. The van der Waals surface area contributed by atoms with E-state index >= 15 is 0 Å². The quantitative estimate of drug-likeness (QED) is 0.859. The van der Waals surface area contributed by atoms with Crippen molar-refractivity contribution in [1.82, 2.24) is 5.32 Å². The van der Waals surface area contributed by atoms with Crippen LogP contribution < -0.4 is 10.1 Å². The lowest BCUT2D eigenvalue weighted by Crippen LogP contribution is -2.03. The average Bonchev–Trinajstić information content (AvgIpc) is 2.77. The SMILES string of the molecule is CNCc1cc(COc2cc(C)ccc2C(C)C)c(C)o1. The van der Waals surface area contributed by atoms with E-state index < -0.39 is 0 Å². The monoisotopic (exact) mass is 287 g/mol. The third kappa shape index (κ3) is 3.88. The number of hydrogen-bond acceptors (Lipinski definition) is 3. The van der Waals surface area contributed by atoms with Crippen molar-refractivity contribution in [1.29, 1.82) is 0 Å². The topological polar surface area (TPSA) is 34.4 Å². The predicted octanol–water partition coefficient (Wildman–Crippen LogP) is 4.32. The molecule has 0 radical (unpaired) electrons. The molecule has 0 atom stereocenters. The van der Waals surface area contributed by atoms with Gasteiger partial charge in [0.1, 0.15) is 23.9 Å². The van der Waals surface area contributed by atoms with Gasteiger partial charge in [-0.3, -0.25) is 0 Å². The molecule has 0 saturated carbocycles. The first-order valence-electron chi connectivity index (χ1n) is 7.47. The van der Waals surface area contributed by atoms with Crippen LogP contribution in [0.3, 0.4) is 0 Å². The summed E-state index contributed by atoms with van der Waals surface area (Å²) < 4.78 is 11.8. The second-order valence-corrected chi connectivity index (χ2v) is 5.81. The average molecular weight is 287 g/mol. The van der Waals surface area contributed by atoms with Crippen molar-refractivity contribution < 1.29 is 9.15 Å². The summed E-state index contributed by atoms with van der Waals surface area (Å²) in [5.74, 6) is 3.30. The van der Waals surface area contributed by atoms with Gasteiger partial charge in [-0.1, -0.05) is 26.0 Å². The van der Waals surface area contributed by atoms with Crippen molar-refractivity contribution >= 4 is 0 Å². The van der Waals surface area contributed by atoms with E-state index in [1.807, 2.05) is 14.0 Å². The zero-order valence-corrected chi connectivity index (χ0v) is 13.6. The number of rotatable bonds is 6. The molecule has 1 aromatic heterocycles. The largest absolute Gasteiger partial charge is 0.488 e. The molecule has 1 aromatic carbocycles. The van der Waals surface area contributed by atoms with E-state index in [0.29, 0.717) is 12.5 Å². The minimum Gasteiger partial charge on any atom is -0.488 e. The van der Waals surface area contributed by atoms with Gasteiger partial charge in [-0.25, -0.2) is 0 Å². The summed E-state index contributed by atoms with van der Waals surface area (Å²) in [6, 6.07) is 8.47. The Morgan fingerprint density at radius 1 is 1.19 bits per heavy atom. The van der Waals surface area contributed by atoms with Crippen LogP contribution in [0.2, 0.25) is 0 Å². The molecule has 1 N–H and O–H groups in total. The van der Waals surface area contributed by atoms with Crippen molar-refractivity contribution in [2.45, 2.75) is 46.8 Å². The van der Waals surface area contributed by atoms with E-state index in [0.717, 1.165) is 29.4 Å². The molecule has 2 rings (SSSR count). The maximum absolute atomic E-state index is 6.06. The molecule has 3 heteroatoms. The molecule has 0 fully saturated rings. The second kappa shape index (κ2) is 6.81. The van der Waals surface area contributed by atoms with Crippen molar-refractivity contribution in [2.24, 2.45) is 0 Å². The smallest absolute Gasteiger partial charge is 0.123 e. The fourth-order valence-electron chi connectivity index (χ4n) is 2.39. The number of benzene rings is 1. The molecule has 114 valence electrons. The minimum absolute atomic E-state index is 0.450. The van der Waals surface area contributed by atoms with Crippen LogP contribution in [0.5, 0.6) is 5.75 Å². The normalized spacial score (nSPS) is 11.1. The van der Waals surface area contributed by atoms with Crippen LogP contribution in [0.15, 0.2) is 28.7 Å². The van der Waals surface area contributed by atoms with Crippen LogP contribution in [-0.2, 0) is 13.2 Å². The lowest BCUT2D eigenvalue weighted by atomic mass is 10.0. The van der Waals surface area contributed by atoms with Gasteiger partial charge < -0.3 is 14.5 Å². The minimum atomic E-state index is 0.450. The molecule has 2 aromatic rings. The van der Waals surface area contributed by atoms with Gasteiger partial charge in [-0.05, 0) is 50.1 Å². The molecule has 0 aliphatic carbocycles. The Balaban J connectivity index is 2.14. The molecule has 0 unspecified atom stereocenters. The fourth-order valence-corrected chi connectivity index (χ4v) is 2.39. The molecular weight excluding hydrogens is 262 g/mol. The molecule has 0 aliphatic rings.